The molecule has 0 bridgehead atoms. The van der Waals surface area contributed by atoms with Gasteiger partial charge in [0.2, 0.25) is 5.88 Å². The summed E-state index contributed by atoms with van der Waals surface area (Å²) in [7, 11) is 0. The Kier molecular flexibility index (Phi) is 6.00. The number of hydrogen-bond acceptors (Lipinski definition) is 5. The van der Waals surface area contributed by atoms with Gasteiger partial charge in [-0.2, -0.15) is 0 Å². The van der Waals surface area contributed by atoms with E-state index in [2.05, 4.69) is 5.10 Å². The van der Waals surface area contributed by atoms with Gasteiger partial charge in [0.15, 0.2) is 0 Å². The SMILES string of the molecule is Cc1c(OCC2CCN(C(=O)OC(C)(C)C)CC2F)nn(-c2ccccc2)c1N. The summed E-state index contributed by atoms with van der Waals surface area (Å²) in [6, 6.07) is 9.52. The zero-order valence-corrected chi connectivity index (χ0v) is 17.4. The first-order valence-corrected chi connectivity index (χ1v) is 9.81. The van der Waals surface area contributed by atoms with Gasteiger partial charge in [0.1, 0.15) is 17.6 Å². The van der Waals surface area contributed by atoms with Gasteiger partial charge in [0.05, 0.1) is 24.4 Å². The first kappa shape index (κ1) is 21.0. The van der Waals surface area contributed by atoms with Crippen molar-refractivity contribution in [3.8, 4) is 11.6 Å². The van der Waals surface area contributed by atoms with Crippen LogP contribution in [0.15, 0.2) is 30.3 Å². The van der Waals surface area contributed by atoms with Crippen LogP contribution in [-0.2, 0) is 4.74 Å². The maximum absolute atomic E-state index is 14.7. The number of anilines is 1. The Bertz CT molecular complexity index is 848. The van der Waals surface area contributed by atoms with Crippen LogP contribution in [0.2, 0.25) is 0 Å². The molecule has 0 saturated carbocycles. The number of nitrogen functional groups attached to an aromatic ring is 1. The number of aromatic nitrogens is 2. The Morgan fingerprint density at radius 2 is 2.00 bits per heavy atom. The molecule has 1 aliphatic rings. The molecule has 7 nitrogen and oxygen atoms in total. The van der Waals surface area contributed by atoms with Crippen LogP contribution in [0, 0.1) is 12.8 Å². The number of nitrogens with two attached hydrogens (primary N) is 1. The van der Waals surface area contributed by atoms with Crippen LogP contribution in [0.25, 0.3) is 5.69 Å². The van der Waals surface area contributed by atoms with E-state index in [0.717, 1.165) is 11.3 Å². The van der Waals surface area contributed by atoms with Crippen molar-refractivity contribution in [2.75, 3.05) is 25.4 Å². The third-order valence-electron chi connectivity index (χ3n) is 4.89. The lowest BCUT2D eigenvalue weighted by Crippen LogP contribution is -2.48. The molecular weight excluding hydrogens is 375 g/mol. The number of alkyl halides is 1. The van der Waals surface area contributed by atoms with Crippen molar-refractivity contribution in [2.24, 2.45) is 5.92 Å². The third kappa shape index (κ3) is 4.99. The molecule has 1 fully saturated rings. The van der Waals surface area contributed by atoms with Gasteiger partial charge in [-0.05, 0) is 46.2 Å². The van der Waals surface area contributed by atoms with Gasteiger partial charge in [0.25, 0.3) is 0 Å². The van der Waals surface area contributed by atoms with E-state index in [-0.39, 0.29) is 19.1 Å². The fourth-order valence-corrected chi connectivity index (χ4v) is 3.21. The summed E-state index contributed by atoms with van der Waals surface area (Å²) < 4.78 is 27.4. The summed E-state index contributed by atoms with van der Waals surface area (Å²) in [5.74, 6) is 0.562. The van der Waals surface area contributed by atoms with Crippen LogP contribution in [0.5, 0.6) is 5.88 Å². The van der Waals surface area contributed by atoms with E-state index in [1.54, 1.807) is 25.5 Å². The molecule has 2 heterocycles. The second-order valence-electron chi connectivity index (χ2n) is 8.36. The van der Waals surface area contributed by atoms with E-state index in [1.165, 1.54) is 4.90 Å². The zero-order valence-electron chi connectivity index (χ0n) is 17.4. The monoisotopic (exact) mass is 404 g/mol. The Hall–Kier alpha value is -2.77. The molecular formula is C21H29FN4O3. The minimum atomic E-state index is -1.19. The summed E-state index contributed by atoms with van der Waals surface area (Å²) in [5, 5.41) is 4.43. The van der Waals surface area contributed by atoms with Crippen molar-refractivity contribution >= 4 is 11.9 Å². The number of para-hydroxylation sites is 1. The predicted octanol–water partition coefficient (Wildman–Crippen LogP) is 3.74. The Balaban J connectivity index is 1.59. The highest BCUT2D eigenvalue weighted by Gasteiger charge is 2.34. The molecule has 2 unspecified atom stereocenters. The Morgan fingerprint density at radius 3 is 2.62 bits per heavy atom. The molecule has 3 rings (SSSR count). The number of ether oxygens (including phenoxy) is 2. The molecule has 2 N–H and O–H groups in total. The van der Waals surface area contributed by atoms with Crippen LogP contribution in [0.1, 0.15) is 32.8 Å². The van der Waals surface area contributed by atoms with Gasteiger partial charge in [-0.15, -0.1) is 5.10 Å². The first-order chi connectivity index (χ1) is 13.7. The standard InChI is InChI=1S/C21H29FN4O3/c1-14-18(23)26(16-8-6-5-7-9-16)24-19(14)28-13-15-10-11-25(12-17(15)22)20(27)29-21(2,3)4/h5-9,15,17H,10-13,23H2,1-4H3. The van der Waals surface area contributed by atoms with E-state index >= 15 is 0 Å². The summed E-state index contributed by atoms with van der Waals surface area (Å²) in [5.41, 5.74) is 7.11. The largest absolute Gasteiger partial charge is 0.476 e. The molecule has 1 aromatic heterocycles. The number of amides is 1. The van der Waals surface area contributed by atoms with Gasteiger partial charge in [-0.3, -0.25) is 0 Å². The second-order valence-corrected chi connectivity index (χ2v) is 8.36. The topological polar surface area (TPSA) is 82.6 Å². The van der Waals surface area contributed by atoms with E-state index in [1.807, 2.05) is 37.3 Å². The van der Waals surface area contributed by atoms with E-state index < -0.39 is 17.9 Å². The molecule has 29 heavy (non-hydrogen) atoms. The highest BCUT2D eigenvalue weighted by atomic mass is 19.1. The summed E-state index contributed by atoms with van der Waals surface area (Å²) in [6.07, 6.45) is -1.18. The number of benzene rings is 1. The highest BCUT2D eigenvalue weighted by molar-refractivity contribution is 5.68. The lowest BCUT2D eigenvalue weighted by atomic mass is 9.96. The number of rotatable bonds is 4. The average Bonchev–Trinajstić information content (AvgIpc) is 2.95. The van der Waals surface area contributed by atoms with E-state index in [4.69, 9.17) is 15.2 Å². The first-order valence-electron chi connectivity index (χ1n) is 9.81. The number of nitrogens with zero attached hydrogens (tertiary/aromatic N) is 3. The molecule has 1 aliphatic heterocycles. The minimum Gasteiger partial charge on any atom is -0.476 e. The Morgan fingerprint density at radius 1 is 1.31 bits per heavy atom. The smallest absolute Gasteiger partial charge is 0.410 e. The molecule has 2 aromatic rings. The van der Waals surface area contributed by atoms with Crippen LogP contribution in [0.3, 0.4) is 0 Å². The van der Waals surface area contributed by atoms with Crippen LogP contribution in [-0.4, -0.2) is 52.2 Å². The molecule has 158 valence electrons. The van der Waals surface area contributed by atoms with Gasteiger partial charge < -0.3 is 20.1 Å². The molecule has 8 heteroatoms. The number of carbonyl (C=O) groups is 1. The van der Waals surface area contributed by atoms with Crippen LogP contribution in [0.4, 0.5) is 15.0 Å². The highest BCUT2D eigenvalue weighted by Crippen LogP contribution is 2.28. The van der Waals surface area contributed by atoms with Crippen molar-refractivity contribution < 1.29 is 18.7 Å². The fraction of sp³-hybridized carbons (Fsp3) is 0.524. The average molecular weight is 404 g/mol. The lowest BCUT2D eigenvalue weighted by Gasteiger charge is -2.35. The van der Waals surface area contributed by atoms with Gasteiger partial charge in [-0.25, -0.2) is 13.9 Å². The van der Waals surface area contributed by atoms with Crippen molar-refractivity contribution in [3.63, 3.8) is 0 Å². The van der Waals surface area contributed by atoms with E-state index in [0.29, 0.717) is 24.7 Å². The summed E-state index contributed by atoms with van der Waals surface area (Å²) >= 11 is 0. The molecule has 2 atom stereocenters. The number of halogens is 1. The van der Waals surface area contributed by atoms with Crippen molar-refractivity contribution in [1.82, 2.24) is 14.7 Å². The quantitative estimate of drug-likeness (QED) is 0.839. The molecule has 1 saturated heterocycles. The maximum Gasteiger partial charge on any atom is 0.410 e. The summed E-state index contributed by atoms with van der Waals surface area (Å²) in [4.78, 5) is 13.6. The summed E-state index contributed by atoms with van der Waals surface area (Å²) in [6.45, 7) is 7.82. The maximum atomic E-state index is 14.7. The molecule has 0 radical (unpaired) electrons. The van der Waals surface area contributed by atoms with Crippen LogP contribution < -0.4 is 10.5 Å². The second kappa shape index (κ2) is 8.31. The molecule has 0 aliphatic carbocycles. The molecule has 1 amide bonds. The lowest BCUT2D eigenvalue weighted by molar-refractivity contribution is 0.000148. The Labute approximate surface area is 170 Å². The van der Waals surface area contributed by atoms with Crippen LogP contribution >= 0.6 is 0 Å². The van der Waals surface area contributed by atoms with E-state index in [9.17, 15) is 9.18 Å². The predicted molar refractivity (Wildman–Crippen MR) is 109 cm³/mol. The minimum absolute atomic E-state index is 0.00250. The zero-order chi connectivity index (χ0) is 21.2. The van der Waals surface area contributed by atoms with Crippen molar-refractivity contribution in [1.29, 1.82) is 0 Å². The number of carbonyl (C=O) groups excluding carboxylic acids is 1. The fourth-order valence-electron chi connectivity index (χ4n) is 3.21. The number of piperidine rings is 1. The van der Waals surface area contributed by atoms with Crippen molar-refractivity contribution in [3.05, 3.63) is 35.9 Å². The third-order valence-corrected chi connectivity index (χ3v) is 4.89. The van der Waals surface area contributed by atoms with Crippen molar-refractivity contribution in [2.45, 2.75) is 45.9 Å². The normalized spacial score (nSPS) is 19.8. The van der Waals surface area contributed by atoms with Gasteiger partial charge in [0, 0.05) is 12.5 Å². The molecule has 1 aromatic carbocycles. The van der Waals surface area contributed by atoms with Gasteiger partial charge in [-0.1, -0.05) is 18.2 Å². The van der Waals surface area contributed by atoms with Gasteiger partial charge >= 0.3 is 6.09 Å². The number of hydrogen-bond donors (Lipinski definition) is 1. The molecule has 0 spiro atoms. The number of likely N-dealkylation sites (tertiary alicyclic amines) is 1.